The molecule has 0 amide bonds. The zero-order valence-electron chi connectivity index (χ0n) is 13.8. The van der Waals surface area contributed by atoms with Crippen molar-refractivity contribution in [3.8, 4) is 0 Å². The second kappa shape index (κ2) is 5.68. The maximum Gasteiger partial charge on any atom is 0.416 e. The number of halogens is 3. The molecule has 138 valence electrons. The summed E-state index contributed by atoms with van der Waals surface area (Å²) >= 11 is 0. The van der Waals surface area contributed by atoms with Gasteiger partial charge in [0.2, 0.25) is 0 Å². The topological polar surface area (TPSA) is 72.6 Å². The highest BCUT2D eigenvalue weighted by molar-refractivity contribution is 7.91. The fraction of sp³-hybridized carbons (Fsp3) is 0.533. The van der Waals surface area contributed by atoms with Crippen LogP contribution >= 0.6 is 0 Å². The Balaban J connectivity index is 1.95. The average molecular weight is 378 g/mol. The Morgan fingerprint density at radius 2 is 2.04 bits per heavy atom. The molecule has 0 saturated carbocycles. The average Bonchev–Trinajstić information content (AvgIpc) is 2.98. The van der Waals surface area contributed by atoms with E-state index in [0.717, 1.165) is 18.2 Å². The molecule has 0 radical (unpaired) electrons. The van der Waals surface area contributed by atoms with Crippen LogP contribution < -0.4 is 0 Å². The first kappa shape index (κ1) is 18.2. The van der Waals surface area contributed by atoms with E-state index in [1.165, 1.54) is 12.1 Å². The van der Waals surface area contributed by atoms with E-state index in [1.54, 1.807) is 13.8 Å². The maximum atomic E-state index is 12.9. The van der Waals surface area contributed by atoms with Crippen molar-refractivity contribution in [2.24, 2.45) is 0 Å². The Bertz CT molecular complexity index is 905. The summed E-state index contributed by atoms with van der Waals surface area (Å²) in [6, 6.07) is 2.86. The van der Waals surface area contributed by atoms with Gasteiger partial charge >= 0.3 is 6.18 Å². The number of fused-ring (bicyclic) bond motifs is 1. The maximum absolute atomic E-state index is 12.9. The Morgan fingerprint density at radius 3 is 2.60 bits per heavy atom. The van der Waals surface area contributed by atoms with Crippen molar-refractivity contribution >= 4 is 20.8 Å². The van der Waals surface area contributed by atoms with Crippen LogP contribution in [0.4, 0.5) is 13.2 Å². The predicted octanol–water partition coefficient (Wildman–Crippen LogP) is 3.13. The zero-order valence-corrected chi connectivity index (χ0v) is 14.6. The SMILES string of the molecule is CN1OC(C)(C)CC1S(=O)(=O)Cc1noc2ccc(C(F)(F)F)cc12. The van der Waals surface area contributed by atoms with Crippen LogP contribution in [0.1, 0.15) is 31.5 Å². The molecule has 1 aromatic heterocycles. The highest BCUT2D eigenvalue weighted by atomic mass is 32.2. The van der Waals surface area contributed by atoms with Crippen molar-refractivity contribution in [1.82, 2.24) is 10.2 Å². The molecular formula is C15H17F3N2O4S. The lowest BCUT2D eigenvalue weighted by molar-refractivity contribution is -0.168. The number of sulfone groups is 1. The largest absolute Gasteiger partial charge is 0.416 e. The van der Waals surface area contributed by atoms with Gasteiger partial charge in [-0.25, -0.2) is 8.42 Å². The first-order valence-corrected chi connectivity index (χ1v) is 9.20. The fourth-order valence-electron chi connectivity index (χ4n) is 2.94. The van der Waals surface area contributed by atoms with Crippen LogP contribution in [0, 0.1) is 0 Å². The number of alkyl halides is 3. The monoisotopic (exact) mass is 378 g/mol. The molecule has 25 heavy (non-hydrogen) atoms. The molecule has 2 heterocycles. The van der Waals surface area contributed by atoms with Crippen molar-refractivity contribution in [3.63, 3.8) is 0 Å². The number of aromatic nitrogens is 1. The van der Waals surface area contributed by atoms with Crippen molar-refractivity contribution in [2.75, 3.05) is 7.05 Å². The Morgan fingerprint density at radius 1 is 1.36 bits per heavy atom. The summed E-state index contributed by atoms with van der Waals surface area (Å²) in [5.74, 6) is -0.532. The lowest BCUT2D eigenvalue weighted by Crippen LogP contribution is -2.33. The third-order valence-corrected chi connectivity index (χ3v) is 6.06. The van der Waals surface area contributed by atoms with E-state index in [4.69, 9.17) is 9.36 Å². The second-order valence-electron chi connectivity index (χ2n) is 6.70. The number of hydrogen-bond donors (Lipinski definition) is 0. The van der Waals surface area contributed by atoms with E-state index in [9.17, 15) is 21.6 Å². The van der Waals surface area contributed by atoms with E-state index in [0.29, 0.717) is 0 Å². The van der Waals surface area contributed by atoms with Crippen molar-refractivity contribution in [3.05, 3.63) is 29.5 Å². The molecule has 0 bridgehead atoms. The molecule has 1 saturated heterocycles. The van der Waals surface area contributed by atoms with Crippen molar-refractivity contribution in [2.45, 2.75) is 43.2 Å². The van der Waals surface area contributed by atoms with Gasteiger partial charge in [0.25, 0.3) is 0 Å². The molecule has 10 heteroatoms. The van der Waals surface area contributed by atoms with Crippen LogP contribution in [0.15, 0.2) is 22.7 Å². The Labute approximate surface area is 142 Å². The van der Waals surface area contributed by atoms with Crippen LogP contribution in [-0.4, -0.2) is 36.7 Å². The number of hydrogen-bond acceptors (Lipinski definition) is 6. The van der Waals surface area contributed by atoms with Gasteiger partial charge in [-0.1, -0.05) is 5.16 Å². The normalized spacial score (nSPS) is 21.9. The molecule has 1 aliphatic heterocycles. The van der Waals surface area contributed by atoms with Crippen LogP contribution in [0.3, 0.4) is 0 Å². The van der Waals surface area contributed by atoms with Crippen LogP contribution in [0.25, 0.3) is 11.0 Å². The third-order valence-electron chi connectivity index (χ3n) is 4.09. The Kier molecular flexibility index (Phi) is 4.12. The van der Waals surface area contributed by atoms with Gasteiger partial charge < -0.3 is 4.52 Å². The van der Waals surface area contributed by atoms with Gasteiger partial charge in [0.05, 0.1) is 16.9 Å². The smallest absolute Gasteiger partial charge is 0.356 e. The van der Waals surface area contributed by atoms with Gasteiger partial charge in [0, 0.05) is 18.9 Å². The third kappa shape index (κ3) is 3.51. The summed E-state index contributed by atoms with van der Waals surface area (Å²) in [7, 11) is -2.23. The molecule has 3 rings (SSSR count). The molecule has 0 N–H and O–H groups in total. The molecule has 1 aliphatic rings. The number of rotatable bonds is 3. The fourth-order valence-corrected chi connectivity index (χ4v) is 4.88. The van der Waals surface area contributed by atoms with E-state index >= 15 is 0 Å². The summed E-state index contributed by atoms with van der Waals surface area (Å²) in [4.78, 5) is 5.48. The standard InChI is InChI=1S/C15H17F3N2O4S/c1-14(2)7-13(20(3)24-14)25(21,22)8-11-10-6-9(15(16,17)18)4-5-12(10)23-19-11/h4-6,13H,7-8H2,1-3H3. The van der Waals surface area contributed by atoms with Crippen molar-refractivity contribution in [1.29, 1.82) is 0 Å². The quantitative estimate of drug-likeness (QED) is 0.817. The van der Waals surface area contributed by atoms with Crippen LogP contribution in [0.2, 0.25) is 0 Å². The lowest BCUT2D eigenvalue weighted by Gasteiger charge is -2.18. The molecule has 1 atom stereocenters. The summed E-state index contributed by atoms with van der Waals surface area (Å²) < 4.78 is 69.0. The molecule has 0 aliphatic carbocycles. The van der Waals surface area contributed by atoms with Gasteiger partial charge in [0.15, 0.2) is 15.4 Å². The van der Waals surface area contributed by atoms with E-state index < -0.39 is 38.3 Å². The highest BCUT2D eigenvalue weighted by Gasteiger charge is 2.44. The molecule has 0 spiro atoms. The minimum atomic E-state index is -4.54. The van der Waals surface area contributed by atoms with Gasteiger partial charge in [-0.3, -0.25) is 4.84 Å². The van der Waals surface area contributed by atoms with Gasteiger partial charge in [-0.15, -0.1) is 0 Å². The van der Waals surface area contributed by atoms with E-state index in [1.807, 2.05) is 0 Å². The van der Waals surface area contributed by atoms with Gasteiger partial charge in [0.1, 0.15) is 11.1 Å². The minimum Gasteiger partial charge on any atom is -0.356 e. The molecule has 2 aromatic rings. The zero-order chi connectivity index (χ0) is 18.6. The second-order valence-corrected chi connectivity index (χ2v) is 8.86. The Hall–Kier alpha value is -1.65. The number of hydroxylamine groups is 2. The van der Waals surface area contributed by atoms with E-state index in [-0.39, 0.29) is 23.1 Å². The van der Waals surface area contributed by atoms with Gasteiger partial charge in [-0.05, 0) is 32.0 Å². The predicted molar refractivity (Wildman–Crippen MR) is 83.0 cm³/mol. The first-order valence-electron chi connectivity index (χ1n) is 7.48. The first-order chi connectivity index (χ1) is 11.4. The number of nitrogens with zero attached hydrogens (tertiary/aromatic N) is 2. The molecule has 1 aromatic carbocycles. The molecule has 1 fully saturated rings. The number of benzene rings is 1. The molecule has 1 unspecified atom stereocenters. The van der Waals surface area contributed by atoms with Crippen molar-refractivity contribution < 1.29 is 30.9 Å². The molecule has 6 nitrogen and oxygen atoms in total. The van der Waals surface area contributed by atoms with Crippen LogP contribution in [-0.2, 0) is 26.6 Å². The summed E-state index contributed by atoms with van der Waals surface area (Å²) in [5.41, 5.74) is -1.46. The summed E-state index contributed by atoms with van der Waals surface area (Å²) in [5, 5.41) is 4.06. The van der Waals surface area contributed by atoms with Gasteiger partial charge in [-0.2, -0.15) is 18.2 Å². The summed E-state index contributed by atoms with van der Waals surface area (Å²) in [6.07, 6.45) is -4.29. The summed E-state index contributed by atoms with van der Waals surface area (Å²) in [6.45, 7) is 3.53. The minimum absolute atomic E-state index is 0.0410. The lowest BCUT2D eigenvalue weighted by atomic mass is 10.1. The molecular weight excluding hydrogens is 361 g/mol. The highest BCUT2D eigenvalue weighted by Crippen LogP contribution is 2.35. The van der Waals surface area contributed by atoms with Crippen LogP contribution in [0.5, 0.6) is 0 Å². The van der Waals surface area contributed by atoms with E-state index in [2.05, 4.69) is 5.16 Å².